The first-order valence-electron chi connectivity index (χ1n) is 4.93. The minimum Gasteiger partial charge on any atom is -1.00 e. The molecule has 0 spiro atoms. The molecule has 0 fully saturated rings. The standard InChI is InChI=1S/C10H11N3O4S.K.H/c1-13-8(10(15)12-11)9(14)6-4-2-3-5-7(6)18(13,16)17;;/h2-5,14H,11H2,1H3,(H,12,15);;/q;+1;-1. The van der Waals surface area contributed by atoms with Crippen molar-refractivity contribution in [3.05, 3.63) is 35.5 Å². The van der Waals surface area contributed by atoms with Crippen molar-refractivity contribution in [2.75, 3.05) is 7.05 Å². The summed E-state index contributed by atoms with van der Waals surface area (Å²) in [5.41, 5.74) is 1.47. The minimum atomic E-state index is -3.86. The number of carbonyl (C=O) groups is 1. The van der Waals surface area contributed by atoms with E-state index in [1.165, 1.54) is 25.2 Å². The Kier molecular flexibility index (Phi) is 5.18. The van der Waals surface area contributed by atoms with Crippen LogP contribution in [0.4, 0.5) is 0 Å². The van der Waals surface area contributed by atoms with Crippen LogP contribution in [-0.4, -0.2) is 30.8 Å². The molecule has 0 saturated carbocycles. The predicted octanol–water partition coefficient (Wildman–Crippen LogP) is -3.35. The number of fused-ring (bicyclic) bond motifs is 1. The second-order valence-corrected chi connectivity index (χ2v) is 5.58. The Hall–Kier alpha value is -0.424. The summed E-state index contributed by atoms with van der Waals surface area (Å²) in [4.78, 5) is 11.5. The number of carbonyl (C=O) groups excluding carboxylic acids is 1. The third-order valence-corrected chi connectivity index (χ3v) is 4.48. The fourth-order valence-electron chi connectivity index (χ4n) is 1.75. The van der Waals surface area contributed by atoms with Crippen LogP contribution in [0.15, 0.2) is 34.9 Å². The molecule has 0 aromatic heterocycles. The molecule has 9 heteroatoms. The van der Waals surface area contributed by atoms with E-state index in [1.54, 1.807) is 11.5 Å². The molecule has 4 N–H and O–H groups in total. The summed E-state index contributed by atoms with van der Waals surface area (Å²) in [5.74, 6) is 3.66. The number of nitrogens with one attached hydrogen (secondary N) is 1. The Morgan fingerprint density at radius 1 is 1.42 bits per heavy atom. The van der Waals surface area contributed by atoms with Gasteiger partial charge in [0.05, 0.1) is 4.90 Å². The molecule has 1 heterocycles. The molecule has 1 aromatic rings. The van der Waals surface area contributed by atoms with Crippen molar-refractivity contribution in [2.45, 2.75) is 4.90 Å². The Bertz CT molecular complexity index is 662. The SMILES string of the molecule is CN1C(C(=O)NN)=C(O)c2ccccc2S1(=O)=O.[H-].[K+]. The van der Waals surface area contributed by atoms with Crippen LogP contribution in [0.3, 0.4) is 0 Å². The van der Waals surface area contributed by atoms with Crippen molar-refractivity contribution in [3.8, 4) is 0 Å². The van der Waals surface area contributed by atoms with Gasteiger partial charge in [-0.25, -0.2) is 14.3 Å². The number of hydrogen-bond acceptors (Lipinski definition) is 5. The molecular weight excluding hydrogens is 297 g/mol. The molecule has 0 saturated heterocycles. The molecule has 0 atom stereocenters. The fourth-order valence-corrected chi connectivity index (χ4v) is 3.15. The number of sulfonamides is 1. The summed E-state index contributed by atoms with van der Waals surface area (Å²) in [6, 6.07) is 5.87. The number of benzene rings is 1. The Labute approximate surface area is 154 Å². The van der Waals surface area contributed by atoms with Gasteiger partial charge in [-0.05, 0) is 12.1 Å². The quantitative estimate of drug-likeness (QED) is 0.217. The smallest absolute Gasteiger partial charge is 1.00 e. The van der Waals surface area contributed by atoms with Crippen LogP contribution in [0.1, 0.15) is 6.99 Å². The Balaban J connectivity index is 0.00000180. The first-order chi connectivity index (χ1) is 8.41. The molecule has 1 aromatic carbocycles. The number of hydrazine groups is 1. The van der Waals surface area contributed by atoms with E-state index in [0.29, 0.717) is 4.31 Å². The number of nitrogens with zero attached hydrogens (tertiary/aromatic N) is 1. The maximum atomic E-state index is 12.1. The van der Waals surface area contributed by atoms with Crippen molar-refractivity contribution in [3.63, 3.8) is 0 Å². The van der Waals surface area contributed by atoms with E-state index >= 15 is 0 Å². The number of nitrogens with two attached hydrogens (primary N) is 1. The van der Waals surface area contributed by atoms with Gasteiger partial charge < -0.3 is 6.53 Å². The number of likely N-dealkylation sites (N-methyl/N-ethyl adjacent to an activating group) is 1. The van der Waals surface area contributed by atoms with Gasteiger partial charge in [0.15, 0.2) is 11.5 Å². The van der Waals surface area contributed by atoms with E-state index < -0.39 is 27.4 Å². The molecular formula is C10H12KN3O4S. The minimum absolute atomic E-state index is 0. The van der Waals surface area contributed by atoms with Crippen LogP contribution in [0.5, 0.6) is 0 Å². The van der Waals surface area contributed by atoms with E-state index in [0.717, 1.165) is 0 Å². The van der Waals surface area contributed by atoms with Crippen molar-refractivity contribution >= 4 is 21.7 Å². The summed E-state index contributed by atoms with van der Waals surface area (Å²) in [6.07, 6.45) is 0. The molecule has 0 bridgehead atoms. The molecule has 0 aliphatic carbocycles. The summed E-state index contributed by atoms with van der Waals surface area (Å²) < 4.78 is 25.0. The normalized spacial score (nSPS) is 16.4. The molecule has 0 radical (unpaired) electrons. The third kappa shape index (κ3) is 2.59. The maximum absolute atomic E-state index is 12.1. The number of rotatable bonds is 1. The van der Waals surface area contributed by atoms with Crippen molar-refractivity contribution in [1.82, 2.24) is 9.73 Å². The van der Waals surface area contributed by atoms with E-state index in [-0.39, 0.29) is 63.3 Å². The topological polar surface area (TPSA) is 113 Å². The van der Waals surface area contributed by atoms with Gasteiger partial charge in [0.1, 0.15) is 0 Å². The summed E-state index contributed by atoms with van der Waals surface area (Å²) in [5, 5.41) is 9.98. The number of aliphatic hydroxyl groups is 1. The van der Waals surface area contributed by atoms with Gasteiger partial charge in [-0.1, -0.05) is 12.1 Å². The molecule has 7 nitrogen and oxygen atoms in total. The zero-order valence-electron chi connectivity index (χ0n) is 11.4. The first-order valence-corrected chi connectivity index (χ1v) is 6.37. The Morgan fingerprint density at radius 2 is 2.00 bits per heavy atom. The molecule has 1 aliphatic rings. The summed E-state index contributed by atoms with van der Waals surface area (Å²) in [7, 11) is -2.69. The first kappa shape index (κ1) is 16.6. The summed E-state index contributed by atoms with van der Waals surface area (Å²) in [6.45, 7) is 0. The average molecular weight is 309 g/mol. The molecule has 19 heavy (non-hydrogen) atoms. The molecule has 1 aliphatic heterocycles. The molecule has 98 valence electrons. The molecule has 1 amide bonds. The van der Waals surface area contributed by atoms with Gasteiger partial charge in [-0.2, -0.15) is 0 Å². The van der Waals surface area contributed by atoms with E-state index in [2.05, 4.69) is 0 Å². The molecule has 0 unspecified atom stereocenters. The van der Waals surface area contributed by atoms with Gasteiger partial charge in [0, 0.05) is 12.6 Å². The van der Waals surface area contributed by atoms with E-state index in [9.17, 15) is 18.3 Å². The van der Waals surface area contributed by atoms with Gasteiger partial charge in [0.25, 0.3) is 15.9 Å². The maximum Gasteiger partial charge on any atom is 1.00 e. The predicted molar refractivity (Wildman–Crippen MR) is 64.4 cm³/mol. The zero-order chi connectivity index (χ0) is 13.5. The third-order valence-electron chi connectivity index (χ3n) is 2.67. The van der Waals surface area contributed by atoms with Crippen LogP contribution in [0.25, 0.3) is 5.76 Å². The number of hydrogen-bond donors (Lipinski definition) is 3. The average Bonchev–Trinajstić information content (AvgIpc) is 2.37. The molecule has 2 rings (SSSR count). The second kappa shape index (κ2) is 5.91. The number of aliphatic hydroxyl groups excluding tert-OH is 1. The van der Waals surface area contributed by atoms with Crippen molar-refractivity contribution in [1.29, 1.82) is 0 Å². The van der Waals surface area contributed by atoms with E-state index in [4.69, 9.17) is 5.84 Å². The number of amides is 1. The Morgan fingerprint density at radius 3 is 2.58 bits per heavy atom. The van der Waals surface area contributed by atoms with Crippen LogP contribution in [0.2, 0.25) is 0 Å². The van der Waals surface area contributed by atoms with Crippen LogP contribution >= 0.6 is 0 Å². The monoisotopic (exact) mass is 309 g/mol. The second-order valence-electron chi connectivity index (χ2n) is 3.64. The largest absolute Gasteiger partial charge is 1.00 e. The van der Waals surface area contributed by atoms with Gasteiger partial charge in [-0.3, -0.25) is 14.5 Å². The summed E-state index contributed by atoms with van der Waals surface area (Å²) >= 11 is 0. The van der Waals surface area contributed by atoms with Crippen molar-refractivity contribution < 1.29 is 71.1 Å². The van der Waals surface area contributed by atoms with Gasteiger partial charge in [0.2, 0.25) is 0 Å². The van der Waals surface area contributed by atoms with Crippen LogP contribution in [0, 0.1) is 0 Å². The van der Waals surface area contributed by atoms with Gasteiger partial charge in [-0.15, -0.1) is 0 Å². The van der Waals surface area contributed by atoms with Crippen molar-refractivity contribution in [2.24, 2.45) is 5.84 Å². The van der Waals surface area contributed by atoms with Gasteiger partial charge >= 0.3 is 51.4 Å². The zero-order valence-corrected chi connectivity index (χ0v) is 14.4. The van der Waals surface area contributed by atoms with Crippen LogP contribution < -0.4 is 62.7 Å². The fraction of sp³-hybridized carbons (Fsp3) is 0.100. The van der Waals surface area contributed by atoms with E-state index in [1.807, 2.05) is 0 Å². The van der Waals surface area contributed by atoms with Crippen LogP contribution in [-0.2, 0) is 14.8 Å².